The van der Waals surface area contributed by atoms with Crippen LogP contribution in [0.3, 0.4) is 0 Å². The highest BCUT2D eigenvalue weighted by atomic mass is 32.2. The molecule has 1 saturated heterocycles. The third-order valence-electron chi connectivity index (χ3n) is 7.56. The van der Waals surface area contributed by atoms with Gasteiger partial charge in [-0.2, -0.15) is 5.26 Å². The average molecular weight is 549 g/mol. The predicted molar refractivity (Wildman–Crippen MR) is 149 cm³/mol. The lowest BCUT2D eigenvalue weighted by Crippen LogP contribution is -2.55. The van der Waals surface area contributed by atoms with Gasteiger partial charge in [-0.05, 0) is 81.2 Å². The Morgan fingerprint density at radius 3 is 2.64 bits per heavy atom. The minimum atomic E-state index is -1.17. The molecular weight excluding hydrogens is 516 g/mol. The molecule has 1 aliphatic carbocycles. The van der Waals surface area contributed by atoms with Crippen LogP contribution in [0, 0.1) is 17.2 Å². The summed E-state index contributed by atoms with van der Waals surface area (Å²) < 4.78 is 17.6. The molecule has 2 aromatic carbocycles. The van der Waals surface area contributed by atoms with E-state index in [1.54, 1.807) is 50.1 Å². The molecule has 1 aromatic heterocycles. The SMILES string of the molecule is CS(=O)c1ccc2[nH]c(=O)c3cc(CC(C#N)NC(=O)[C@@H]4[C@H]5CC[C@H](C5)N4C(=O)OC(C)(C)C)ccc3c2c1. The van der Waals surface area contributed by atoms with Gasteiger partial charge in [0.1, 0.15) is 17.7 Å². The highest BCUT2D eigenvalue weighted by molar-refractivity contribution is 7.84. The molecule has 2 heterocycles. The standard InChI is InChI=1S/C29H32N4O5S/c1-29(2,3)38-28(36)33-19-7-6-17(13-19)25(33)27(35)31-18(15-30)11-16-5-9-21-22-14-20(39(4)37)8-10-24(22)32-26(34)23(21)12-16/h5,8-10,12,14,17-19,25H,6-7,11,13H2,1-4H3,(H,31,35)(H,32,34)/t17-,18?,19+,25-,39?/m0/s1. The molecule has 1 saturated carbocycles. The van der Waals surface area contributed by atoms with Crippen LogP contribution in [0.4, 0.5) is 4.79 Å². The van der Waals surface area contributed by atoms with E-state index >= 15 is 0 Å². The third-order valence-corrected chi connectivity index (χ3v) is 8.48. The largest absolute Gasteiger partial charge is 0.444 e. The second kappa shape index (κ2) is 10.1. The van der Waals surface area contributed by atoms with Crippen molar-refractivity contribution in [3.63, 3.8) is 0 Å². The van der Waals surface area contributed by atoms with E-state index in [1.807, 2.05) is 18.2 Å². The first kappa shape index (κ1) is 26.9. The predicted octanol–water partition coefficient (Wildman–Crippen LogP) is 3.76. The van der Waals surface area contributed by atoms with Gasteiger partial charge in [0.15, 0.2) is 0 Å². The Morgan fingerprint density at radius 1 is 1.18 bits per heavy atom. The fourth-order valence-electron chi connectivity index (χ4n) is 5.89. The van der Waals surface area contributed by atoms with Crippen LogP contribution in [-0.4, -0.2) is 56.1 Å². The Morgan fingerprint density at radius 2 is 1.95 bits per heavy atom. The number of benzene rings is 2. The first-order chi connectivity index (χ1) is 18.4. The molecule has 5 rings (SSSR count). The smallest absolute Gasteiger partial charge is 0.411 e. The Hall–Kier alpha value is -3.71. The molecule has 2 aliphatic rings. The van der Waals surface area contributed by atoms with Crippen LogP contribution in [0.5, 0.6) is 0 Å². The molecule has 2 unspecified atom stereocenters. The fraction of sp³-hybridized carbons (Fsp3) is 0.448. The van der Waals surface area contributed by atoms with Crippen molar-refractivity contribution in [2.75, 3.05) is 6.26 Å². The number of aromatic amines is 1. The highest BCUT2D eigenvalue weighted by Gasteiger charge is 2.52. The Kier molecular flexibility index (Phi) is 6.97. The number of ether oxygens (including phenoxy) is 1. The number of carbonyl (C=O) groups is 2. The molecule has 3 aromatic rings. The first-order valence-electron chi connectivity index (χ1n) is 13.1. The van der Waals surface area contributed by atoms with E-state index in [0.717, 1.165) is 30.0 Å². The van der Waals surface area contributed by atoms with Gasteiger partial charge >= 0.3 is 6.09 Å². The van der Waals surface area contributed by atoms with E-state index in [2.05, 4.69) is 16.4 Å². The fourth-order valence-corrected chi connectivity index (χ4v) is 6.43. The maximum atomic E-state index is 13.4. The summed E-state index contributed by atoms with van der Waals surface area (Å²) in [6.07, 6.45) is 3.75. The van der Waals surface area contributed by atoms with E-state index < -0.39 is 34.6 Å². The number of carbonyl (C=O) groups excluding carboxylic acids is 2. The summed E-state index contributed by atoms with van der Waals surface area (Å²) in [5, 5.41) is 14.7. The molecule has 9 nitrogen and oxygen atoms in total. The van der Waals surface area contributed by atoms with Gasteiger partial charge < -0.3 is 15.0 Å². The molecular formula is C29H32N4O5S. The van der Waals surface area contributed by atoms with Gasteiger partial charge in [-0.3, -0.25) is 18.7 Å². The van der Waals surface area contributed by atoms with Crippen molar-refractivity contribution in [1.82, 2.24) is 15.2 Å². The highest BCUT2D eigenvalue weighted by Crippen LogP contribution is 2.43. The molecule has 2 fully saturated rings. The molecule has 204 valence electrons. The molecule has 0 radical (unpaired) electrons. The summed E-state index contributed by atoms with van der Waals surface area (Å²) in [7, 11) is -1.17. The summed E-state index contributed by atoms with van der Waals surface area (Å²) in [6, 6.07) is 11.3. The molecule has 39 heavy (non-hydrogen) atoms. The monoisotopic (exact) mass is 548 g/mol. The summed E-state index contributed by atoms with van der Waals surface area (Å²) in [6.45, 7) is 5.38. The number of aromatic nitrogens is 1. The maximum absolute atomic E-state index is 13.4. The number of piperidine rings is 1. The topological polar surface area (TPSA) is 132 Å². The molecule has 2 bridgehead atoms. The molecule has 1 aliphatic heterocycles. The zero-order chi connectivity index (χ0) is 28.1. The van der Waals surface area contributed by atoms with Gasteiger partial charge in [0.2, 0.25) is 5.91 Å². The van der Waals surface area contributed by atoms with Crippen molar-refractivity contribution in [1.29, 1.82) is 5.26 Å². The van der Waals surface area contributed by atoms with Gasteiger partial charge in [0.05, 0.1) is 6.07 Å². The number of fused-ring (bicyclic) bond motifs is 5. The quantitative estimate of drug-likeness (QED) is 0.467. The number of amides is 2. The van der Waals surface area contributed by atoms with Crippen molar-refractivity contribution < 1.29 is 18.5 Å². The first-order valence-corrected chi connectivity index (χ1v) is 14.6. The number of nitriles is 1. The lowest BCUT2D eigenvalue weighted by Gasteiger charge is -2.35. The van der Waals surface area contributed by atoms with Crippen LogP contribution in [0.25, 0.3) is 21.7 Å². The van der Waals surface area contributed by atoms with Crippen molar-refractivity contribution >= 4 is 44.5 Å². The number of pyridine rings is 1. The van der Waals surface area contributed by atoms with Gasteiger partial charge in [-0.25, -0.2) is 4.79 Å². The van der Waals surface area contributed by atoms with Crippen LogP contribution in [0.15, 0.2) is 46.1 Å². The van der Waals surface area contributed by atoms with Crippen LogP contribution < -0.4 is 10.9 Å². The summed E-state index contributed by atoms with van der Waals surface area (Å²) >= 11 is 0. The average Bonchev–Trinajstić information content (AvgIpc) is 3.49. The zero-order valence-electron chi connectivity index (χ0n) is 22.4. The van der Waals surface area contributed by atoms with Crippen LogP contribution in [0.1, 0.15) is 45.6 Å². The Balaban J connectivity index is 1.37. The number of H-pyrrole nitrogens is 1. The van der Waals surface area contributed by atoms with Crippen molar-refractivity contribution in [2.24, 2.45) is 5.92 Å². The molecule has 2 N–H and O–H groups in total. The van der Waals surface area contributed by atoms with Crippen molar-refractivity contribution in [3.05, 3.63) is 52.3 Å². The molecule has 10 heteroatoms. The summed E-state index contributed by atoms with van der Waals surface area (Å²) in [5.41, 5.74) is 0.421. The second-order valence-electron chi connectivity index (χ2n) is 11.4. The van der Waals surface area contributed by atoms with E-state index in [9.17, 15) is 23.9 Å². The van der Waals surface area contributed by atoms with Crippen LogP contribution in [-0.2, 0) is 26.8 Å². The number of nitrogens with zero attached hydrogens (tertiary/aromatic N) is 2. The Bertz CT molecular complexity index is 1600. The molecule has 0 spiro atoms. The van der Waals surface area contributed by atoms with E-state index in [0.29, 0.717) is 21.4 Å². The number of likely N-dealkylation sites (tertiary alicyclic amines) is 1. The van der Waals surface area contributed by atoms with E-state index in [-0.39, 0.29) is 29.8 Å². The normalized spacial score (nSPS) is 22.0. The third kappa shape index (κ3) is 5.28. The molecule has 5 atom stereocenters. The number of nitrogens with one attached hydrogen (secondary N) is 2. The van der Waals surface area contributed by atoms with Crippen molar-refractivity contribution in [2.45, 2.75) is 75.1 Å². The summed E-state index contributed by atoms with van der Waals surface area (Å²) in [4.78, 5) is 44.2. The maximum Gasteiger partial charge on any atom is 0.411 e. The Labute approximate surface area is 229 Å². The number of rotatable bonds is 5. The second-order valence-corrected chi connectivity index (χ2v) is 12.8. The van der Waals surface area contributed by atoms with Gasteiger partial charge in [-0.15, -0.1) is 0 Å². The zero-order valence-corrected chi connectivity index (χ0v) is 23.3. The number of hydrogen-bond acceptors (Lipinski definition) is 6. The number of hydrogen-bond donors (Lipinski definition) is 2. The van der Waals surface area contributed by atoms with Gasteiger partial charge in [0.25, 0.3) is 5.56 Å². The molecule has 2 amide bonds. The lowest BCUT2D eigenvalue weighted by molar-refractivity contribution is -0.128. The van der Waals surface area contributed by atoms with Crippen LogP contribution >= 0.6 is 0 Å². The van der Waals surface area contributed by atoms with Gasteiger partial charge in [-0.1, -0.05) is 12.1 Å². The van der Waals surface area contributed by atoms with Gasteiger partial charge in [0, 0.05) is 50.7 Å². The lowest BCUT2D eigenvalue weighted by atomic mass is 9.97. The minimum Gasteiger partial charge on any atom is -0.444 e. The minimum absolute atomic E-state index is 0.0335. The van der Waals surface area contributed by atoms with E-state index in [1.165, 1.54) is 0 Å². The van der Waals surface area contributed by atoms with Crippen LogP contribution in [0.2, 0.25) is 0 Å². The summed E-state index contributed by atoms with van der Waals surface area (Å²) in [5.74, 6) is -0.318. The van der Waals surface area contributed by atoms with Crippen molar-refractivity contribution in [3.8, 4) is 6.07 Å². The van der Waals surface area contributed by atoms with E-state index in [4.69, 9.17) is 4.74 Å².